The molecule has 0 spiro atoms. The second-order valence-electron chi connectivity index (χ2n) is 6.86. The SMILES string of the molecule is Cc1ccnc2cccc(-n3nccc3NSc3ccc(C(C)C)cc3)c12. The molecule has 0 bridgehead atoms. The standard InChI is InChI=1S/C22H22N4S/c1-15(2)17-7-9-18(10-8-17)27-25-21-12-14-24-26(21)20-6-4-5-19-22(20)16(3)11-13-23-19/h4-15,25H,1-3H3. The summed E-state index contributed by atoms with van der Waals surface area (Å²) in [5.41, 5.74) is 4.55. The first kappa shape index (κ1) is 17.6. The molecule has 2 aromatic heterocycles. The van der Waals surface area contributed by atoms with Crippen molar-refractivity contribution in [3.05, 3.63) is 78.1 Å². The number of fused-ring (bicyclic) bond motifs is 1. The van der Waals surface area contributed by atoms with Crippen LogP contribution in [-0.2, 0) is 0 Å². The van der Waals surface area contributed by atoms with Crippen LogP contribution in [0.5, 0.6) is 0 Å². The Hall–Kier alpha value is -2.79. The van der Waals surface area contributed by atoms with Gasteiger partial charge in [-0.05, 0) is 66.2 Å². The lowest BCUT2D eigenvalue weighted by atomic mass is 10.0. The van der Waals surface area contributed by atoms with Crippen LogP contribution in [-0.4, -0.2) is 14.8 Å². The van der Waals surface area contributed by atoms with Gasteiger partial charge in [-0.15, -0.1) is 0 Å². The lowest BCUT2D eigenvalue weighted by Crippen LogP contribution is -2.03. The van der Waals surface area contributed by atoms with Crippen molar-refractivity contribution in [1.82, 2.24) is 14.8 Å². The van der Waals surface area contributed by atoms with E-state index in [1.165, 1.54) is 16.0 Å². The molecule has 27 heavy (non-hydrogen) atoms. The van der Waals surface area contributed by atoms with Gasteiger partial charge < -0.3 is 4.72 Å². The molecule has 0 saturated carbocycles. The molecule has 0 atom stereocenters. The van der Waals surface area contributed by atoms with E-state index in [-0.39, 0.29) is 0 Å². The predicted molar refractivity (Wildman–Crippen MR) is 114 cm³/mol. The highest BCUT2D eigenvalue weighted by atomic mass is 32.2. The Morgan fingerprint density at radius 1 is 0.963 bits per heavy atom. The minimum Gasteiger partial charge on any atom is -0.310 e. The summed E-state index contributed by atoms with van der Waals surface area (Å²) in [7, 11) is 0. The zero-order valence-corrected chi connectivity index (χ0v) is 16.5. The average molecular weight is 375 g/mol. The fraction of sp³-hybridized carbons (Fsp3) is 0.182. The number of aromatic nitrogens is 3. The van der Waals surface area contributed by atoms with Crippen molar-refractivity contribution in [3.8, 4) is 5.69 Å². The van der Waals surface area contributed by atoms with Crippen LogP contribution in [0, 0.1) is 6.92 Å². The highest BCUT2D eigenvalue weighted by molar-refractivity contribution is 8.00. The first-order chi connectivity index (χ1) is 13.1. The quantitative estimate of drug-likeness (QED) is 0.437. The molecule has 4 nitrogen and oxygen atoms in total. The largest absolute Gasteiger partial charge is 0.310 e. The molecule has 4 rings (SSSR count). The summed E-state index contributed by atoms with van der Waals surface area (Å²) in [5.74, 6) is 1.48. The molecule has 0 saturated heterocycles. The van der Waals surface area contributed by atoms with Gasteiger partial charge in [0.25, 0.3) is 0 Å². The molecule has 5 heteroatoms. The minimum absolute atomic E-state index is 0.543. The lowest BCUT2D eigenvalue weighted by Gasteiger charge is -2.13. The fourth-order valence-electron chi connectivity index (χ4n) is 3.13. The normalized spacial score (nSPS) is 11.3. The molecule has 2 aromatic carbocycles. The second-order valence-corrected chi connectivity index (χ2v) is 7.73. The zero-order valence-electron chi connectivity index (χ0n) is 15.7. The molecule has 4 aromatic rings. The van der Waals surface area contributed by atoms with Gasteiger partial charge in [0, 0.05) is 22.5 Å². The second kappa shape index (κ2) is 7.45. The van der Waals surface area contributed by atoms with E-state index in [1.807, 2.05) is 41.3 Å². The van der Waals surface area contributed by atoms with Gasteiger partial charge in [0.2, 0.25) is 0 Å². The Bertz CT molecular complexity index is 1060. The molecule has 0 aliphatic heterocycles. The van der Waals surface area contributed by atoms with E-state index in [2.05, 4.69) is 65.9 Å². The van der Waals surface area contributed by atoms with Gasteiger partial charge in [-0.2, -0.15) is 5.10 Å². The van der Waals surface area contributed by atoms with Crippen LogP contribution in [0.2, 0.25) is 0 Å². The van der Waals surface area contributed by atoms with E-state index in [0.717, 1.165) is 22.4 Å². The van der Waals surface area contributed by atoms with Crippen molar-refractivity contribution in [3.63, 3.8) is 0 Å². The molecule has 0 aliphatic carbocycles. The van der Waals surface area contributed by atoms with Gasteiger partial charge in [0.1, 0.15) is 5.82 Å². The predicted octanol–water partition coefficient (Wildman–Crippen LogP) is 5.97. The Labute approximate surface area is 163 Å². The number of aryl methyl sites for hydroxylation is 1. The maximum absolute atomic E-state index is 4.54. The van der Waals surface area contributed by atoms with Crippen molar-refractivity contribution in [2.45, 2.75) is 31.6 Å². The van der Waals surface area contributed by atoms with Gasteiger partial charge in [0.05, 0.1) is 17.4 Å². The monoisotopic (exact) mass is 374 g/mol. The summed E-state index contributed by atoms with van der Waals surface area (Å²) >= 11 is 1.59. The van der Waals surface area contributed by atoms with Gasteiger partial charge >= 0.3 is 0 Å². The van der Waals surface area contributed by atoms with E-state index >= 15 is 0 Å². The first-order valence-electron chi connectivity index (χ1n) is 9.05. The van der Waals surface area contributed by atoms with Crippen molar-refractivity contribution >= 4 is 28.7 Å². The van der Waals surface area contributed by atoms with Crippen molar-refractivity contribution in [2.24, 2.45) is 0 Å². The summed E-state index contributed by atoms with van der Waals surface area (Å²) in [4.78, 5) is 5.66. The van der Waals surface area contributed by atoms with Gasteiger partial charge in [-0.25, -0.2) is 4.68 Å². The number of hydrogen-bond donors (Lipinski definition) is 1. The van der Waals surface area contributed by atoms with E-state index in [1.54, 1.807) is 11.9 Å². The third-order valence-corrected chi connectivity index (χ3v) is 5.46. The maximum Gasteiger partial charge on any atom is 0.139 e. The Morgan fingerprint density at radius 2 is 1.78 bits per heavy atom. The average Bonchev–Trinajstić information content (AvgIpc) is 3.15. The van der Waals surface area contributed by atoms with Crippen molar-refractivity contribution in [1.29, 1.82) is 0 Å². The number of benzene rings is 2. The third-order valence-electron chi connectivity index (χ3n) is 4.64. The zero-order chi connectivity index (χ0) is 18.8. The summed E-state index contributed by atoms with van der Waals surface area (Å²) < 4.78 is 5.37. The van der Waals surface area contributed by atoms with Crippen LogP contribution in [0.4, 0.5) is 5.82 Å². The molecule has 1 N–H and O–H groups in total. The Balaban J connectivity index is 1.62. The van der Waals surface area contributed by atoms with Crippen LogP contribution in [0.15, 0.2) is 71.9 Å². The Morgan fingerprint density at radius 3 is 2.56 bits per heavy atom. The van der Waals surface area contributed by atoms with Crippen LogP contribution in [0.3, 0.4) is 0 Å². The van der Waals surface area contributed by atoms with E-state index in [4.69, 9.17) is 0 Å². The first-order valence-corrected chi connectivity index (χ1v) is 9.86. The van der Waals surface area contributed by atoms with E-state index in [0.29, 0.717) is 5.92 Å². The molecule has 2 heterocycles. The van der Waals surface area contributed by atoms with Crippen LogP contribution >= 0.6 is 11.9 Å². The highest BCUT2D eigenvalue weighted by Crippen LogP contribution is 2.28. The smallest absolute Gasteiger partial charge is 0.139 e. The maximum atomic E-state index is 4.54. The van der Waals surface area contributed by atoms with Crippen LogP contribution in [0.25, 0.3) is 16.6 Å². The number of rotatable bonds is 5. The molecule has 0 amide bonds. The molecular weight excluding hydrogens is 352 g/mol. The lowest BCUT2D eigenvalue weighted by molar-refractivity contribution is 0.865. The van der Waals surface area contributed by atoms with E-state index in [9.17, 15) is 0 Å². The van der Waals surface area contributed by atoms with Crippen LogP contribution < -0.4 is 4.72 Å². The number of pyridine rings is 1. The van der Waals surface area contributed by atoms with Gasteiger partial charge in [-0.1, -0.05) is 32.0 Å². The number of anilines is 1. The Kier molecular flexibility index (Phi) is 4.86. The molecule has 0 unspecified atom stereocenters. The van der Waals surface area contributed by atoms with Gasteiger partial charge in [0.15, 0.2) is 0 Å². The highest BCUT2D eigenvalue weighted by Gasteiger charge is 2.11. The van der Waals surface area contributed by atoms with Crippen molar-refractivity contribution in [2.75, 3.05) is 4.72 Å². The molecule has 0 aliphatic rings. The van der Waals surface area contributed by atoms with E-state index < -0.39 is 0 Å². The fourth-order valence-corrected chi connectivity index (χ4v) is 3.78. The number of nitrogens with zero attached hydrogens (tertiary/aromatic N) is 3. The molecule has 136 valence electrons. The summed E-state index contributed by atoms with van der Waals surface area (Å²) in [6.45, 7) is 6.52. The summed E-state index contributed by atoms with van der Waals surface area (Å²) in [5, 5.41) is 5.66. The molecule has 0 fully saturated rings. The third kappa shape index (κ3) is 3.55. The topological polar surface area (TPSA) is 42.7 Å². The number of nitrogens with one attached hydrogen (secondary N) is 1. The van der Waals surface area contributed by atoms with Crippen molar-refractivity contribution < 1.29 is 0 Å². The summed E-state index contributed by atoms with van der Waals surface area (Å²) in [6.07, 6.45) is 3.66. The summed E-state index contributed by atoms with van der Waals surface area (Å²) in [6, 6.07) is 18.8. The van der Waals surface area contributed by atoms with Gasteiger partial charge in [-0.3, -0.25) is 4.98 Å². The minimum atomic E-state index is 0.543. The van der Waals surface area contributed by atoms with Crippen LogP contribution in [0.1, 0.15) is 30.9 Å². The molecule has 0 radical (unpaired) electrons. The molecular formula is C22H22N4S. The number of hydrogen-bond acceptors (Lipinski definition) is 4.